The van der Waals surface area contributed by atoms with Crippen molar-refractivity contribution in [3.05, 3.63) is 72.8 Å². The third-order valence-electron chi connectivity index (χ3n) is 5.32. The lowest BCUT2D eigenvalue weighted by molar-refractivity contribution is -0.125. The summed E-state index contributed by atoms with van der Waals surface area (Å²) in [5, 5.41) is 2.77. The fraction of sp³-hybridized carbons (Fsp3) is 0.240. The summed E-state index contributed by atoms with van der Waals surface area (Å²) in [4.78, 5) is 13.1. The molecule has 1 atom stereocenters. The zero-order valence-electron chi connectivity index (χ0n) is 18.9. The van der Waals surface area contributed by atoms with Crippen LogP contribution >= 0.6 is 0 Å². The lowest BCUT2D eigenvalue weighted by Gasteiger charge is -2.26. The number of nitrogens with one attached hydrogen (secondary N) is 1. The van der Waals surface area contributed by atoms with Crippen LogP contribution in [0.25, 0.3) is 0 Å². The van der Waals surface area contributed by atoms with Gasteiger partial charge in [0.25, 0.3) is 5.91 Å². The molecule has 0 aliphatic carbocycles. The van der Waals surface area contributed by atoms with Gasteiger partial charge in [-0.3, -0.25) is 4.79 Å². The SMILES string of the molecule is CCN(CC)S(=O)(=O)c1ccc(Oc2ccccc2)c(NC(=O)[C@H]2COc3ccccc3O2)c1. The number of ether oxygens (including phenoxy) is 3. The van der Waals surface area contributed by atoms with Crippen LogP contribution < -0.4 is 19.5 Å². The van der Waals surface area contributed by atoms with Crippen molar-refractivity contribution in [2.45, 2.75) is 24.8 Å². The smallest absolute Gasteiger partial charge is 0.269 e. The van der Waals surface area contributed by atoms with Crippen molar-refractivity contribution in [3.8, 4) is 23.0 Å². The van der Waals surface area contributed by atoms with E-state index in [1.165, 1.54) is 22.5 Å². The predicted octanol–water partition coefficient (Wildman–Crippen LogP) is 4.29. The Morgan fingerprint density at radius 1 is 1.00 bits per heavy atom. The van der Waals surface area contributed by atoms with Gasteiger partial charge in [-0.15, -0.1) is 0 Å². The minimum atomic E-state index is -3.74. The highest BCUT2D eigenvalue weighted by Gasteiger charge is 2.29. The van der Waals surface area contributed by atoms with Gasteiger partial charge in [-0.2, -0.15) is 4.31 Å². The molecule has 0 bridgehead atoms. The molecule has 3 aromatic rings. The van der Waals surface area contributed by atoms with Crippen molar-refractivity contribution in [3.63, 3.8) is 0 Å². The molecule has 0 fully saturated rings. The molecule has 0 saturated carbocycles. The Morgan fingerprint density at radius 2 is 1.68 bits per heavy atom. The molecule has 34 heavy (non-hydrogen) atoms. The molecule has 9 heteroatoms. The van der Waals surface area contributed by atoms with E-state index in [0.29, 0.717) is 36.1 Å². The molecule has 1 aliphatic heterocycles. The molecule has 0 radical (unpaired) electrons. The molecular formula is C25H26N2O6S. The molecule has 1 heterocycles. The number of amides is 1. The molecule has 1 amide bonds. The van der Waals surface area contributed by atoms with Crippen LogP contribution in [0.1, 0.15) is 13.8 Å². The monoisotopic (exact) mass is 482 g/mol. The van der Waals surface area contributed by atoms with Gasteiger partial charge in [0, 0.05) is 13.1 Å². The maximum absolute atomic E-state index is 13.1. The largest absolute Gasteiger partial charge is 0.485 e. The molecule has 3 aromatic carbocycles. The van der Waals surface area contributed by atoms with Crippen LogP contribution in [0.4, 0.5) is 5.69 Å². The summed E-state index contributed by atoms with van der Waals surface area (Å²) in [6.45, 7) is 4.23. The van der Waals surface area contributed by atoms with E-state index < -0.39 is 22.0 Å². The first-order valence-corrected chi connectivity index (χ1v) is 12.4. The second kappa shape index (κ2) is 10.1. The standard InChI is InChI=1S/C25H26N2O6S/c1-3-27(4-2)34(29,30)19-14-15-21(32-18-10-6-5-7-11-18)20(16-19)26-25(28)24-17-31-22-12-8-9-13-23(22)33-24/h5-16,24H,3-4,17H2,1-2H3,(H,26,28)/t24-/m1/s1. The van der Waals surface area contributed by atoms with E-state index in [-0.39, 0.29) is 17.2 Å². The highest BCUT2D eigenvalue weighted by atomic mass is 32.2. The molecule has 178 valence electrons. The van der Waals surface area contributed by atoms with Gasteiger partial charge in [-0.25, -0.2) is 8.42 Å². The van der Waals surface area contributed by atoms with Gasteiger partial charge in [0.2, 0.25) is 16.1 Å². The van der Waals surface area contributed by atoms with Crippen molar-refractivity contribution in [1.82, 2.24) is 4.31 Å². The number of carbonyl (C=O) groups is 1. The number of rotatable bonds is 8. The van der Waals surface area contributed by atoms with E-state index in [1.54, 1.807) is 44.2 Å². The lowest BCUT2D eigenvalue weighted by Crippen LogP contribution is -2.40. The molecular weight excluding hydrogens is 456 g/mol. The third kappa shape index (κ3) is 5.00. The molecule has 0 spiro atoms. The van der Waals surface area contributed by atoms with Crippen LogP contribution in [-0.2, 0) is 14.8 Å². The molecule has 8 nitrogen and oxygen atoms in total. The average Bonchev–Trinajstić information content (AvgIpc) is 2.86. The third-order valence-corrected chi connectivity index (χ3v) is 7.37. The van der Waals surface area contributed by atoms with E-state index in [0.717, 1.165) is 0 Å². The zero-order chi connectivity index (χ0) is 24.1. The van der Waals surface area contributed by atoms with Crippen molar-refractivity contribution >= 4 is 21.6 Å². The maximum atomic E-state index is 13.1. The lowest BCUT2D eigenvalue weighted by atomic mass is 10.2. The number of benzene rings is 3. The number of anilines is 1. The van der Waals surface area contributed by atoms with Crippen LogP contribution in [0.5, 0.6) is 23.0 Å². The normalized spacial score (nSPS) is 15.1. The maximum Gasteiger partial charge on any atom is 0.269 e. The molecule has 4 rings (SSSR count). The number of para-hydroxylation sites is 3. The molecule has 1 N–H and O–H groups in total. The van der Waals surface area contributed by atoms with E-state index >= 15 is 0 Å². The first-order chi connectivity index (χ1) is 16.4. The van der Waals surface area contributed by atoms with Crippen molar-refractivity contribution in [2.24, 2.45) is 0 Å². The van der Waals surface area contributed by atoms with Crippen molar-refractivity contribution in [1.29, 1.82) is 0 Å². The number of hydrogen-bond acceptors (Lipinski definition) is 6. The Balaban J connectivity index is 1.64. The predicted molar refractivity (Wildman–Crippen MR) is 128 cm³/mol. The number of hydrogen-bond donors (Lipinski definition) is 1. The summed E-state index contributed by atoms with van der Waals surface area (Å²) in [6, 6.07) is 20.5. The van der Waals surface area contributed by atoms with Crippen LogP contribution in [0, 0.1) is 0 Å². The number of carbonyl (C=O) groups excluding carboxylic acids is 1. The summed E-state index contributed by atoms with van der Waals surface area (Å²) >= 11 is 0. The van der Waals surface area contributed by atoms with Gasteiger partial charge in [-0.05, 0) is 42.5 Å². The second-order valence-electron chi connectivity index (χ2n) is 7.52. The Bertz CT molecular complexity index is 1260. The summed E-state index contributed by atoms with van der Waals surface area (Å²) in [6.07, 6.45) is -0.914. The number of nitrogens with zero attached hydrogens (tertiary/aromatic N) is 1. The summed E-state index contributed by atoms with van der Waals surface area (Å²) in [5.41, 5.74) is 0.213. The minimum Gasteiger partial charge on any atom is -0.485 e. The van der Waals surface area contributed by atoms with E-state index in [2.05, 4.69) is 5.32 Å². The summed E-state index contributed by atoms with van der Waals surface area (Å²) in [5.74, 6) is 1.39. The highest BCUT2D eigenvalue weighted by molar-refractivity contribution is 7.89. The van der Waals surface area contributed by atoms with Gasteiger partial charge in [-0.1, -0.05) is 44.2 Å². The van der Waals surface area contributed by atoms with Crippen LogP contribution in [0.15, 0.2) is 77.7 Å². The Kier molecular flexibility index (Phi) is 7.04. The van der Waals surface area contributed by atoms with Gasteiger partial charge < -0.3 is 19.5 Å². The summed E-state index contributed by atoms with van der Waals surface area (Å²) < 4.78 is 44.9. The molecule has 0 unspecified atom stereocenters. The average molecular weight is 483 g/mol. The Morgan fingerprint density at radius 3 is 2.38 bits per heavy atom. The van der Waals surface area contributed by atoms with E-state index in [4.69, 9.17) is 14.2 Å². The number of sulfonamides is 1. The molecule has 0 aromatic heterocycles. The second-order valence-corrected chi connectivity index (χ2v) is 9.45. The van der Waals surface area contributed by atoms with Crippen LogP contribution in [0.3, 0.4) is 0 Å². The first-order valence-electron chi connectivity index (χ1n) is 11.0. The Hall–Kier alpha value is -3.56. The fourth-order valence-corrected chi connectivity index (χ4v) is 5.03. The topological polar surface area (TPSA) is 94.2 Å². The van der Waals surface area contributed by atoms with Crippen LogP contribution in [0.2, 0.25) is 0 Å². The molecule has 0 saturated heterocycles. The van der Waals surface area contributed by atoms with Gasteiger partial charge in [0.1, 0.15) is 12.4 Å². The van der Waals surface area contributed by atoms with Gasteiger partial charge in [0.05, 0.1) is 10.6 Å². The van der Waals surface area contributed by atoms with Crippen LogP contribution in [-0.4, -0.2) is 44.4 Å². The zero-order valence-corrected chi connectivity index (χ0v) is 19.7. The van der Waals surface area contributed by atoms with E-state index in [1.807, 2.05) is 24.3 Å². The fourth-order valence-electron chi connectivity index (χ4n) is 3.55. The Labute approximate surface area is 199 Å². The minimum absolute atomic E-state index is 0.0230. The molecule has 1 aliphatic rings. The highest BCUT2D eigenvalue weighted by Crippen LogP contribution is 2.34. The summed E-state index contributed by atoms with van der Waals surface area (Å²) in [7, 11) is -3.74. The van der Waals surface area contributed by atoms with Gasteiger partial charge >= 0.3 is 0 Å². The van der Waals surface area contributed by atoms with Crippen molar-refractivity contribution in [2.75, 3.05) is 25.0 Å². The quantitative estimate of drug-likeness (QED) is 0.515. The van der Waals surface area contributed by atoms with E-state index in [9.17, 15) is 13.2 Å². The van der Waals surface area contributed by atoms with Gasteiger partial charge in [0.15, 0.2) is 17.2 Å². The van der Waals surface area contributed by atoms with Crippen molar-refractivity contribution < 1.29 is 27.4 Å². The number of fused-ring (bicyclic) bond motifs is 1. The first kappa shape index (κ1) is 23.6.